The first kappa shape index (κ1) is 14.6. The maximum atomic E-state index is 11.9. The molecule has 0 aliphatic carbocycles. The Balaban J connectivity index is 2.57. The molecule has 0 radical (unpaired) electrons. The second kappa shape index (κ2) is 6.09. The normalized spacial score (nSPS) is 10.4. The number of hydrogen-bond donors (Lipinski definition) is 1. The third-order valence-electron chi connectivity index (χ3n) is 2.92. The van der Waals surface area contributed by atoms with Crippen LogP contribution in [0.5, 0.6) is 11.5 Å². The second-order valence-electron chi connectivity index (χ2n) is 4.10. The minimum Gasteiger partial charge on any atom is -0.493 e. The van der Waals surface area contributed by atoms with Crippen molar-refractivity contribution in [3.8, 4) is 22.9 Å². The van der Waals surface area contributed by atoms with E-state index in [2.05, 4.69) is 25.9 Å². The van der Waals surface area contributed by atoms with Crippen molar-refractivity contribution < 1.29 is 9.47 Å². The molecular weight excluding hydrogens is 324 g/mol. The van der Waals surface area contributed by atoms with Gasteiger partial charge < -0.3 is 14.5 Å². The van der Waals surface area contributed by atoms with Crippen LogP contribution >= 0.6 is 15.9 Å². The van der Waals surface area contributed by atoms with Gasteiger partial charge in [-0.25, -0.2) is 4.98 Å². The van der Waals surface area contributed by atoms with Gasteiger partial charge in [0, 0.05) is 5.56 Å². The summed E-state index contributed by atoms with van der Waals surface area (Å²) >= 11 is 3.25. The molecule has 1 heterocycles. The lowest BCUT2D eigenvalue weighted by Gasteiger charge is -2.10. The molecule has 20 heavy (non-hydrogen) atoms. The molecule has 0 fully saturated rings. The molecule has 0 bridgehead atoms. The van der Waals surface area contributed by atoms with Crippen LogP contribution in [0.2, 0.25) is 0 Å². The number of nitrogens with one attached hydrogen (secondary N) is 1. The lowest BCUT2D eigenvalue weighted by molar-refractivity contribution is 0.355. The number of aromatic amines is 1. The average molecular weight is 339 g/mol. The van der Waals surface area contributed by atoms with Crippen LogP contribution in [0.1, 0.15) is 12.6 Å². The molecule has 0 aliphatic rings. The number of hydrogen-bond acceptors (Lipinski definition) is 4. The molecule has 2 aromatic rings. The molecule has 1 aromatic heterocycles. The Kier molecular flexibility index (Phi) is 4.44. The summed E-state index contributed by atoms with van der Waals surface area (Å²) in [4.78, 5) is 19.1. The SMILES string of the molecule is CCc1nc(-c2ccc(OC)c(OC)c2)[nH]c(=O)c1Br. The highest BCUT2D eigenvalue weighted by molar-refractivity contribution is 9.10. The zero-order valence-corrected chi connectivity index (χ0v) is 13.1. The smallest absolute Gasteiger partial charge is 0.265 e. The van der Waals surface area contributed by atoms with Crippen molar-refractivity contribution in [2.75, 3.05) is 14.2 Å². The van der Waals surface area contributed by atoms with Crippen LogP contribution in [0.15, 0.2) is 27.5 Å². The van der Waals surface area contributed by atoms with Gasteiger partial charge in [0.25, 0.3) is 5.56 Å². The Labute approximate surface area is 125 Å². The molecule has 0 amide bonds. The summed E-state index contributed by atoms with van der Waals surface area (Å²) in [5.41, 5.74) is 1.29. The zero-order valence-electron chi connectivity index (χ0n) is 11.5. The van der Waals surface area contributed by atoms with E-state index in [1.807, 2.05) is 13.0 Å². The van der Waals surface area contributed by atoms with Gasteiger partial charge >= 0.3 is 0 Å². The van der Waals surface area contributed by atoms with Crippen molar-refractivity contribution in [1.29, 1.82) is 0 Å². The van der Waals surface area contributed by atoms with Gasteiger partial charge in [-0.05, 0) is 40.5 Å². The van der Waals surface area contributed by atoms with E-state index in [1.165, 1.54) is 0 Å². The molecule has 0 saturated heterocycles. The number of methoxy groups -OCH3 is 2. The highest BCUT2D eigenvalue weighted by Crippen LogP contribution is 2.31. The summed E-state index contributed by atoms with van der Waals surface area (Å²) in [7, 11) is 3.14. The molecule has 2 rings (SSSR count). The molecule has 0 saturated carbocycles. The highest BCUT2D eigenvalue weighted by atomic mass is 79.9. The van der Waals surface area contributed by atoms with Crippen molar-refractivity contribution in [1.82, 2.24) is 9.97 Å². The van der Waals surface area contributed by atoms with Crippen molar-refractivity contribution in [3.63, 3.8) is 0 Å². The van der Waals surface area contributed by atoms with Crippen LogP contribution in [0, 0.1) is 0 Å². The number of nitrogens with zero attached hydrogens (tertiary/aromatic N) is 1. The van der Waals surface area contributed by atoms with Gasteiger partial charge in [0.2, 0.25) is 0 Å². The zero-order chi connectivity index (χ0) is 14.7. The topological polar surface area (TPSA) is 64.2 Å². The molecule has 0 atom stereocenters. The van der Waals surface area contributed by atoms with Gasteiger partial charge in [0.1, 0.15) is 10.3 Å². The Morgan fingerprint density at radius 2 is 1.95 bits per heavy atom. The number of benzene rings is 1. The van der Waals surface area contributed by atoms with Gasteiger partial charge in [-0.2, -0.15) is 0 Å². The Bertz CT molecular complexity index is 683. The van der Waals surface area contributed by atoms with Gasteiger partial charge in [-0.1, -0.05) is 6.92 Å². The minimum atomic E-state index is -0.193. The number of aryl methyl sites for hydroxylation is 1. The van der Waals surface area contributed by atoms with E-state index in [9.17, 15) is 4.79 Å². The molecule has 5 nitrogen and oxygen atoms in total. The van der Waals surface area contributed by atoms with Crippen molar-refractivity contribution in [2.45, 2.75) is 13.3 Å². The summed E-state index contributed by atoms with van der Waals surface area (Å²) in [6, 6.07) is 5.39. The summed E-state index contributed by atoms with van der Waals surface area (Å²) < 4.78 is 10.9. The highest BCUT2D eigenvalue weighted by Gasteiger charge is 2.11. The van der Waals surface area contributed by atoms with Gasteiger partial charge in [0.15, 0.2) is 11.5 Å². The third-order valence-corrected chi connectivity index (χ3v) is 3.74. The second-order valence-corrected chi connectivity index (χ2v) is 4.89. The van der Waals surface area contributed by atoms with Crippen LogP contribution in [0.4, 0.5) is 0 Å². The van der Waals surface area contributed by atoms with Crippen molar-refractivity contribution >= 4 is 15.9 Å². The van der Waals surface area contributed by atoms with E-state index in [0.717, 1.165) is 11.3 Å². The number of H-pyrrole nitrogens is 1. The van der Waals surface area contributed by atoms with E-state index in [1.54, 1.807) is 26.4 Å². The summed E-state index contributed by atoms with van der Waals surface area (Å²) in [5.74, 6) is 1.73. The standard InChI is InChI=1S/C14H15BrN2O3/c1-4-9-12(15)14(18)17-13(16-9)8-5-6-10(19-2)11(7-8)20-3/h5-7H,4H2,1-3H3,(H,16,17,18). The van der Waals surface area contributed by atoms with Crippen LogP contribution in [-0.2, 0) is 6.42 Å². The maximum absolute atomic E-state index is 11.9. The van der Waals surface area contributed by atoms with E-state index in [4.69, 9.17) is 9.47 Å². The maximum Gasteiger partial charge on any atom is 0.265 e. The average Bonchev–Trinajstić information content (AvgIpc) is 2.49. The van der Waals surface area contributed by atoms with E-state index < -0.39 is 0 Å². The van der Waals surface area contributed by atoms with Crippen LogP contribution < -0.4 is 15.0 Å². The summed E-state index contributed by atoms with van der Waals surface area (Å²) in [6.45, 7) is 1.95. The first-order valence-corrected chi connectivity index (χ1v) is 6.91. The van der Waals surface area contributed by atoms with E-state index in [0.29, 0.717) is 28.2 Å². The van der Waals surface area contributed by atoms with Crippen LogP contribution in [0.3, 0.4) is 0 Å². The minimum absolute atomic E-state index is 0.193. The van der Waals surface area contributed by atoms with Crippen molar-refractivity contribution in [2.24, 2.45) is 0 Å². The predicted molar refractivity (Wildman–Crippen MR) is 80.5 cm³/mol. The number of halogens is 1. The Morgan fingerprint density at radius 1 is 1.25 bits per heavy atom. The van der Waals surface area contributed by atoms with Crippen LogP contribution in [-0.4, -0.2) is 24.2 Å². The fourth-order valence-electron chi connectivity index (χ4n) is 1.86. The molecule has 0 spiro atoms. The van der Waals surface area contributed by atoms with E-state index >= 15 is 0 Å². The van der Waals surface area contributed by atoms with Gasteiger partial charge in [-0.15, -0.1) is 0 Å². The van der Waals surface area contributed by atoms with Gasteiger partial charge in [0.05, 0.1) is 19.9 Å². The molecule has 1 N–H and O–H groups in total. The Morgan fingerprint density at radius 3 is 2.55 bits per heavy atom. The van der Waals surface area contributed by atoms with Crippen molar-refractivity contribution in [3.05, 3.63) is 38.7 Å². The first-order valence-electron chi connectivity index (χ1n) is 6.11. The molecule has 106 valence electrons. The lowest BCUT2D eigenvalue weighted by atomic mass is 10.2. The Hall–Kier alpha value is -1.82. The molecule has 1 aromatic carbocycles. The largest absolute Gasteiger partial charge is 0.493 e. The fraction of sp³-hybridized carbons (Fsp3) is 0.286. The fourth-order valence-corrected chi connectivity index (χ4v) is 2.33. The predicted octanol–water partition coefficient (Wildman–Crippen LogP) is 2.78. The molecule has 6 heteroatoms. The molecular formula is C14H15BrN2O3. The summed E-state index contributed by atoms with van der Waals surface area (Å²) in [6.07, 6.45) is 0.671. The molecule has 0 unspecified atom stereocenters. The molecule has 0 aliphatic heterocycles. The number of aromatic nitrogens is 2. The lowest BCUT2D eigenvalue weighted by Crippen LogP contribution is -2.13. The quantitative estimate of drug-likeness (QED) is 0.930. The summed E-state index contributed by atoms with van der Waals surface area (Å²) in [5, 5.41) is 0. The van der Waals surface area contributed by atoms with E-state index in [-0.39, 0.29) is 5.56 Å². The third kappa shape index (κ3) is 2.70. The van der Waals surface area contributed by atoms with Gasteiger partial charge in [-0.3, -0.25) is 4.79 Å². The monoisotopic (exact) mass is 338 g/mol. The first-order chi connectivity index (χ1) is 9.60. The number of rotatable bonds is 4. The van der Waals surface area contributed by atoms with Crippen LogP contribution in [0.25, 0.3) is 11.4 Å². The number of ether oxygens (including phenoxy) is 2.